The largest absolute Gasteiger partial charge is 0.381 e. The molecule has 0 saturated carbocycles. The topological polar surface area (TPSA) is 51.2 Å². The van der Waals surface area contributed by atoms with Gasteiger partial charge in [-0.05, 0) is 44.0 Å². The summed E-state index contributed by atoms with van der Waals surface area (Å²) in [4.78, 5) is 17.7. The third-order valence-corrected chi connectivity index (χ3v) is 4.62. The van der Waals surface area contributed by atoms with E-state index in [1.54, 1.807) is 12.1 Å². The molecule has 1 aromatic heterocycles. The first kappa shape index (κ1) is 15.1. The fourth-order valence-electron chi connectivity index (χ4n) is 2.49. The Kier molecular flexibility index (Phi) is 4.49. The third-order valence-electron chi connectivity index (χ3n) is 3.74. The molecule has 3 rings (SSSR count). The third kappa shape index (κ3) is 3.34. The molecule has 1 amide bonds. The maximum absolute atomic E-state index is 13.0. The van der Waals surface area contributed by atoms with Crippen molar-refractivity contribution in [3.63, 3.8) is 0 Å². The van der Waals surface area contributed by atoms with Gasteiger partial charge in [0.1, 0.15) is 5.82 Å². The highest BCUT2D eigenvalue weighted by Gasteiger charge is 2.22. The van der Waals surface area contributed by atoms with Crippen LogP contribution in [-0.4, -0.2) is 24.1 Å². The van der Waals surface area contributed by atoms with Crippen molar-refractivity contribution in [3.05, 3.63) is 35.0 Å². The zero-order chi connectivity index (χ0) is 15.5. The molecule has 4 nitrogen and oxygen atoms in total. The lowest BCUT2D eigenvalue weighted by molar-refractivity contribution is -0.122. The van der Waals surface area contributed by atoms with E-state index in [0.717, 1.165) is 29.0 Å². The van der Waals surface area contributed by atoms with Crippen molar-refractivity contribution >= 4 is 22.4 Å². The van der Waals surface area contributed by atoms with Gasteiger partial charge in [-0.25, -0.2) is 9.37 Å². The van der Waals surface area contributed by atoms with Crippen LogP contribution in [0.2, 0.25) is 0 Å². The molecule has 0 spiro atoms. The minimum absolute atomic E-state index is 0.00251. The van der Waals surface area contributed by atoms with E-state index >= 15 is 0 Å². The van der Waals surface area contributed by atoms with Gasteiger partial charge in [-0.3, -0.25) is 4.79 Å². The number of aryl methyl sites for hydroxylation is 1. The number of nitrogens with one attached hydrogen (secondary N) is 1. The molecule has 6 heteroatoms. The fourth-order valence-corrected chi connectivity index (χ4v) is 3.33. The van der Waals surface area contributed by atoms with Gasteiger partial charge >= 0.3 is 0 Å². The van der Waals surface area contributed by atoms with Crippen molar-refractivity contribution in [2.45, 2.75) is 19.8 Å². The Labute approximate surface area is 132 Å². The number of amides is 1. The second-order valence-corrected chi connectivity index (χ2v) is 6.51. The zero-order valence-corrected chi connectivity index (χ0v) is 13.1. The first-order valence-corrected chi connectivity index (χ1v) is 8.07. The van der Waals surface area contributed by atoms with Crippen molar-refractivity contribution in [2.24, 2.45) is 5.92 Å². The van der Waals surface area contributed by atoms with E-state index in [-0.39, 0.29) is 17.6 Å². The van der Waals surface area contributed by atoms with Gasteiger partial charge in [-0.15, -0.1) is 11.3 Å². The number of carbonyl (C=O) groups is 1. The summed E-state index contributed by atoms with van der Waals surface area (Å²) in [7, 11) is 0. The predicted octanol–water partition coefficient (Wildman–Crippen LogP) is 3.62. The lowest BCUT2D eigenvalue weighted by atomic mass is 10.00. The van der Waals surface area contributed by atoms with Gasteiger partial charge < -0.3 is 10.1 Å². The van der Waals surface area contributed by atoms with Crippen LogP contribution >= 0.6 is 11.3 Å². The number of aromatic nitrogens is 1. The van der Waals surface area contributed by atoms with Crippen LogP contribution in [0, 0.1) is 18.7 Å². The predicted molar refractivity (Wildman–Crippen MR) is 84.4 cm³/mol. The van der Waals surface area contributed by atoms with Crippen molar-refractivity contribution in [1.29, 1.82) is 0 Å². The molecule has 0 aliphatic carbocycles. The van der Waals surface area contributed by atoms with E-state index in [4.69, 9.17) is 4.74 Å². The second kappa shape index (κ2) is 6.54. The Hall–Kier alpha value is -1.79. The lowest BCUT2D eigenvalue weighted by Gasteiger charge is -2.20. The maximum Gasteiger partial charge on any atom is 0.229 e. The number of nitrogens with zero attached hydrogens (tertiary/aromatic N) is 1. The van der Waals surface area contributed by atoms with Crippen LogP contribution in [0.1, 0.15) is 17.7 Å². The van der Waals surface area contributed by atoms with Gasteiger partial charge in [-0.2, -0.15) is 0 Å². The summed E-state index contributed by atoms with van der Waals surface area (Å²) in [6.45, 7) is 3.21. The van der Waals surface area contributed by atoms with Gasteiger partial charge in [0, 0.05) is 29.6 Å². The van der Waals surface area contributed by atoms with E-state index in [0.29, 0.717) is 18.3 Å². The number of hydrogen-bond donors (Lipinski definition) is 1. The fraction of sp³-hybridized carbons (Fsp3) is 0.375. The van der Waals surface area contributed by atoms with Crippen molar-refractivity contribution in [1.82, 2.24) is 4.98 Å². The summed E-state index contributed by atoms with van der Waals surface area (Å²) in [5, 5.41) is 3.48. The average Bonchev–Trinajstić information content (AvgIpc) is 2.89. The lowest BCUT2D eigenvalue weighted by Crippen LogP contribution is -2.28. The van der Waals surface area contributed by atoms with Crippen LogP contribution in [0.15, 0.2) is 24.3 Å². The molecule has 1 aliphatic heterocycles. The van der Waals surface area contributed by atoms with Crippen LogP contribution < -0.4 is 5.32 Å². The SMILES string of the molecule is Cc1sc(NC(=O)C2CCOCC2)nc1-c1ccc(F)cc1. The standard InChI is InChI=1S/C16H17FN2O2S/c1-10-14(11-2-4-13(17)5-3-11)18-16(22-10)19-15(20)12-6-8-21-9-7-12/h2-5,12H,6-9H2,1H3,(H,18,19,20). The first-order chi connectivity index (χ1) is 10.6. The second-order valence-electron chi connectivity index (χ2n) is 5.31. The van der Waals surface area contributed by atoms with Crippen molar-refractivity contribution < 1.29 is 13.9 Å². The van der Waals surface area contributed by atoms with E-state index in [2.05, 4.69) is 10.3 Å². The summed E-state index contributed by atoms with van der Waals surface area (Å²) in [6, 6.07) is 6.21. The van der Waals surface area contributed by atoms with Gasteiger partial charge in [-0.1, -0.05) is 0 Å². The first-order valence-electron chi connectivity index (χ1n) is 7.25. The molecule has 0 atom stereocenters. The molecule has 1 N–H and O–H groups in total. The Morgan fingerprint density at radius 3 is 2.68 bits per heavy atom. The number of rotatable bonds is 3. The van der Waals surface area contributed by atoms with Gasteiger partial charge in [0.15, 0.2) is 5.13 Å². The summed E-state index contributed by atoms with van der Waals surface area (Å²) >= 11 is 1.44. The van der Waals surface area contributed by atoms with Crippen LogP contribution in [0.5, 0.6) is 0 Å². The molecule has 1 aromatic carbocycles. The van der Waals surface area contributed by atoms with Crippen LogP contribution in [0.25, 0.3) is 11.3 Å². The Bertz CT molecular complexity index is 663. The molecule has 0 unspecified atom stereocenters. The van der Waals surface area contributed by atoms with Crippen LogP contribution in [-0.2, 0) is 9.53 Å². The van der Waals surface area contributed by atoms with E-state index in [1.165, 1.54) is 23.5 Å². The molecule has 1 saturated heterocycles. The van der Waals surface area contributed by atoms with Gasteiger partial charge in [0.2, 0.25) is 5.91 Å². The van der Waals surface area contributed by atoms with Crippen LogP contribution in [0.4, 0.5) is 9.52 Å². The molecule has 2 aromatic rings. The minimum Gasteiger partial charge on any atom is -0.381 e. The molecular formula is C16H17FN2O2S. The molecule has 1 aliphatic rings. The number of ether oxygens (including phenoxy) is 1. The Balaban J connectivity index is 1.74. The highest BCUT2D eigenvalue weighted by Crippen LogP contribution is 2.31. The Morgan fingerprint density at radius 1 is 1.32 bits per heavy atom. The van der Waals surface area contributed by atoms with E-state index in [9.17, 15) is 9.18 Å². The monoisotopic (exact) mass is 320 g/mol. The van der Waals surface area contributed by atoms with E-state index < -0.39 is 0 Å². The van der Waals surface area contributed by atoms with Gasteiger partial charge in [0.05, 0.1) is 5.69 Å². The van der Waals surface area contributed by atoms with Crippen LogP contribution in [0.3, 0.4) is 0 Å². The number of thiazole rings is 1. The molecule has 22 heavy (non-hydrogen) atoms. The molecule has 116 valence electrons. The summed E-state index contributed by atoms with van der Waals surface area (Å²) in [6.07, 6.45) is 1.50. The molecular weight excluding hydrogens is 303 g/mol. The maximum atomic E-state index is 13.0. The smallest absolute Gasteiger partial charge is 0.229 e. The Morgan fingerprint density at radius 2 is 2.00 bits per heavy atom. The van der Waals surface area contributed by atoms with Crippen molar-refractivity contribution in [3.8, 4) is 11.3 Å². The highest BCUT2D eigenvalue weighted by atomic mass is 32.1. The zero-order valence-electron chi connectivity index (χ0n) is 12.3. The average molecular weight is 320 g/mol. The molecule has 0 bridgehead atoms. The van der Waals surface area contributed by atoms with Crippen molar-refractivity contribution in [2.75, 3.05) is 18.5 Å². The highest BCUT2D eigenvalue weighted by molar-refractivity contribution is 7.16. The normalized spacial score (nSPS) is 15.7. The summed E-state index contributed by atoms with van der Waals surface area (Å²) in [5.41, 5.74) is 1.63. The number of anilines is 1. The number of carbonyl (C=O) groups excluding carboxylic acids is 1. The quantitative estimate of drug-likeness (QED) is 0.939. The number of benzene rings is 1. The number of halogens is 1. The molecule has 0 radical (unpaired) electrons. The number of hydrogen-bond acceptors (Lipinski definition) is 4. The molecule has 2 heterocycles. The summed E-state index contributed by atoms with van der Waals surface area (Å²) in [5.74, 6) is -0.278. The molecule has 1 fully saturated rings. The summed E-state index contributed by atoms with van der Waals surface area (Å²) < 4.78 is 18.3. The van der Waals surface area contributed by atoms with E-state index in [1.807, 2.05) is 6.92 Å². The van der Waals surface area contributed by atoms with Gasteiger partial charge in [0.25, 0.3) is 0 Å². The minimum atomic E-state index is -0.273.